The molecule has 3 heterocycles. The van der Waals surface area contributed by atoms with Crippen LogP contribution in [0.3, 0.4) is 0 Å². The number of piperidine rings is 1. The first-order valence-corrected chi connectivity index (χ1v) is 19.6. The highest BCUT2D eigenvalue weighted by Gasteiger charge is 2.46. The molecule has 2 saturated heterocycles. The van der Waals surface area contributed by atoms with E-state index in [2.05, 4.69) is 234 Å². The van der Waals surface area contributed by atoms with Crippen LogP contribution in [0.25, 0.3) is 0 Å². The summed E-state index contributed by atoms with van der Waals surface area (Å²) in [5.41, 5.74) is 17.0. The van der Waals surface area contributed by atoms with Crippen molar-refractivity contribution in [3.63, 3.8) is 0 Å². The van der Waals surface area contributed by atoms with Crippen LogP contribution in [-0.2, 0) is 6.42 Å². The molecule has 64 heavy (non-hydrogen) atoms. The van der Waals surface area contributed by atoms with Gasteiger partial charge in [0.05, 0.1) is 18.4 Å². The number of rotatable bonds is 4. The van der Waals surface area contributed by atoms with Crippen molar-refractivity contribution >= 4 is 11.6 Å². The van der Waals surface area contributed by atoms with Gasteiger partial charge in [0.25, 0.3) is 0 Å². The van der Waals surface area contributed by atoms with Crippen LogP contribution in [0.1, 0.15) is 79.9 Å². The SMILES string of the molecule is C#CC#CC#CC#CC#CC#CC#CC#CC#CC#CC#CC#CC#CC.N=N/N=N/N.N[C@@H]1c2ccccc2CC12CCN(c1cnc(N3CCC[C@@H]3c3ccccc3)cn1)CC2.[HH].[HH].[HH].[HH].[HH].[HH].[HH].[HH].[HH].[HH].[HH].[HH].[HH]. The Balaban J connectivity index is -0.000000117. The second-order valence-electron chi connectivity index (χ2n) is 13.3. The molecule has 6 rings (SSSR count). The summed E-state index contributed by atoms with van der Waals surface area (Å²) in [7, 11) is 0. The summed E-state index contributed by atoms with van der Waals surface area (Å²) in [4.78, 5) is 14.5. The highest BCUT2D eigenvalue weighted by Crippen LogP contribution is 2.51. The zero-order valence-corrected chi connectivity index (χ0v) is 35.0. The van der Waals surface area contributed by atoms with Crippen LogP contribution in [0.4, 0.5) is 11.6 Å². The van der Waals surface area contributed by atoms with Gasteiger partial charge in [0, 0.05) is 91.6 Å². The topological polar surface area (TPSA) is 145 Å². The Kier molecular flexibility index (Phi) is 20.5. The van der Waals surface area contributed by atoms with Gasteiger partial charge in [-0.1, -0.05) is 65.7 Å². The number of terminal acetylenes is 1. The Morgan fingerprint density at radius 1 is 0.672 bits per heavy atom. The number of aromatic nitrogens is 2. The Labute approximate surface area is 396 Å². The maximum absolute atomic E-state index is 6.74. The average Bonchev–Trinajstić information content (AvgIpc) is 3.93. The van der Waals surface area contributed by atoms with Gasteiger partial charge in [0.1, 0.15) is 11.6 Å². The number of nitrogens with two attached hydrogens (primary N) is 2. The lowest BCUT2D eigenvalue weighted by atomic mass is 9.73. The number of fused-ring (bicyclic) bond motifs is 1. The van der Waals surface area contributed by atoms with Gasteiger partial charge < -0.3 is 21.4 Å². The van der Waals surface area contributed by atoms with Crippen molar-refractivity contribution < 1.29 is 18.5 Å². The van der Waals surface area contributed by atoms with Gasteiger partial charge in [-0.3, -0.25) is 0 Å². The molecule has 330 valence electrons. The van der Waals surface area contributed by atoms with Crippen molar-refractivity contribution in [2.24, 2.45) is 32.7 Å². The van der Waals surface area contributed by atoms with Gasteiger partial charge in [0.2, 0.25) is 0 Å². The fourth-order valence-electron chi connectivity index (χ4n) is 6.96. The molecular weight excluding hydrogens is 789 g/mol. The molecule has 5 N–H and O–H groups in total. The third-order valence-electron chi connectivity index (χ3n) is 9.70. The number of hydrogen-bond donors (Lipinski definition) is 3. The highest BCUT2D eigenvalue weighted by atomic mass is 15.5. The predicted octanol–water partition coefficient (Wildman–Crippen LogP) is 8.80. The molecule has 0 amide bonds. The van der Waals surface area contributed by atoms with Crippen LogP contribution in [0, 0.1) is 165 Å². The summed E-state index contributed by atoms with van der Waals surface area (Å²) in [5, 5.41) is 7.73. The number of hydrogen-bond acceptors (Lipinski definition) is 7. The zero-order valence-electron chi connectivity index (χ0n) is 35.0. The Hall–Kier alpha value is -9.64. The van der Waals surface area contributed by atoms with Crippen molar-refractivity contribution in [3.8, 4) is 154 Å². The van der Waals surface area contributed by atoms with Gasteiger partial charge in [-0.2, -0.15) is 5.53 Å². The smallest absolute Gasteiger partial charge is 0.147 e. The van der Waals surface area contributed by atoms with Crippen molar-refractivity contribution in [3.05, 3.63) is 83.7 Å². The molecule has 3 aromatic rings. The first-order valence-electron chi connectivity index (χ1n) is 19.6. The molecule has 1 aliphatic carbocycles. The molecule has 1 aromatic heterocycles. The third-order valence-corrected chi connectivity index (χ3v) is 9.70. The molecule has 3 aliphatic rings. The molecule has 0 unspecified atom stereocenters. The van der Waals surface area contributed by atoms with Gasteiger partial charge in [-0.15, -0.1) is 6.42 Å². The lowest BCUT2D eigenvalue weighted by Gasteiger charge is -2.42. The van der Waals surface area contributed by atoms with Crippen molar-refractivity contribution in [2.45, 2.75) is 51.1 Å². The Morgan fingerprint density at radius 3 is 1.61 bits per heavy atom. The minimum atomic E-state index is 0. The van der Waals surface area contributed by atoms with Crippen LogP contribution in [0.5, 0.6) is 0 Å². The molecule has 10 heteroatoms. The lowest BCUT2D eigenvalue weighted by Crippen LogP contribution is -2.44. The van der Waals surface area contributed by atoms with E-state index in [1.165, 1.54) is 29.5 Å². The zero-order chi connectivity index (χ0) is 45.3. The number of nitrogens with one attached hydrogen (secondary N) is 1. The standard InChI is InChI=1S/C27H31N5.C27H4.H3N5.13H2/c28-26-22-10-5-4-9-21(22)17-27(26)12-15-31(16-13-27)24-18-30-25(19-29-24)32-14-6-11-23(32)20-7-2-1-3-8-20;1-3-5-7-9-11-13-15-17-19-21-23-25-27-26-24-22-20-18-16-14-12-10-8-6-4-2;1-3-5-4-2;;;;;;;;;;;;;/h1-5,7-10,18-19,23,26H,6,11-17,28H2;1H,2H3;(H3,1,2,5);13*1H/t23-,26-;;;;;;;;;;;;;;;/m1.............../s1. The van der Waals surface area contributed by atoms with Crippen molar-refractivity contribution in [1.82, 2.24) is 9.97 Å². The molecular formula is C54H64N10. The molecule has 2 aromatic carbocycles. The van der Waals surface area contributed by atoms with E-state index >= 15 is 0 Å². The predicted molar refractivity (Wildman–Crippen MR) is 278 cm³/mol. The van der Waals surface area contributed by atoms with E-state index < -0.39 is 0 Å². The van der Waals surface area contributed by atoms with Crippen molar-refractivity contribution in [1.29, 1.82) is 5.53 Å². The van der Waals surface area contributed by atoms with E-state index in [4.69, 9.17) is 27.7 Å². The Bertz CT molecular complexity index is 3060. The average molecular weight is 853 g/mol. The number of anilines is 2. The molecule has 1 spiro atoms. The fraction of sp³-hybridized carbons (Fsp3) is 0.222. The fourth-order valence-corrected chi connectivity index (χ4v) is 6.96. The van der Waals surface area contributed by atoms with Gasteiger partial charge >= 0.3 is 0 Å². The summed E-state index contributed by atoms with van der Waals surface area (Å²) >= 11 is 0. The van der Waals surface area contributed by atoms with Crippen LogP contribution in [-0.4, -0.2) is 29.6 Å². The quantitative estimate of drug-likeness (QED) is 0.104. The van der Waals surface area contributed by atoms with Gasteiger partial charge in [-0.05, 0) is 166 Å². The van der Waals surface area contributed by atoms with Crippen LogP contribution < -0.4 is 21.4 Å². The summed E-state index contributed by atoms with van der Waals surface area (Å²) in [6.07, 6.45) is 14.5. The van der Waals surface area contributed by atoms with Crippen molar-refractivity contribution in [2.75, 3.05) is 29.4 Å². The first-order chi connectivity index (χ1) is 31.6. The number of nitrogens with zero attached hydrogens (tertiary/aromatic N) is 7. The minimum absolute atomic E-state index is 0. The molecule has 2 aliphatic heterocycles. The molecule has 10 nitrogen and oxygen atoms in total. The summed E-state index contributed by atoms with van der Waals surface area (Å²) < 4.78 is 0. The second kappa shape index (κ2) is 27.9. The maximum atomic E-state index is 6.74. The molecule has 0 radical (unpaired) electrons. The maximum Gasteiger partial charge on any atom is 0.147 e. The van der Waals surface area contributed by atoms with Gasteiger partial charge in [0.15, 0.2) is 0 Å². The summed E-state index contributed by atoms with van der Waals surface area (Å²) in [6.45, 7) is 4.72. The minimum Gasteiger partial charge on any atom is -0.355 e. The Morgan fingerprint density at radius 2 is 1.16 bits per heavy atom. The lowest BCUT2D eigenvalue weighted by molar-refractivity contribution is 0.187. The highest BCUT2D eigenvalue weighted by molar-refractivity contribution is 5.50. The van der Waals surface area contributed by atoms with Crippen LogP contribution >= 0.6 is 0 Å². The van der Waals surface area contributed by atoms with E-state index in [1.807, 2.05) is 12.4 Å². The number of benzene rings is 2. The second-order valence-corrected chi connectivity index (χ2v) is 13.3. The third kappa shape index (κ3) is 15.5. The van der Waals surface area contributed by atoms with Crippen LogP contribution in [0.2, 0.25) is 0 Å². The van der Waals surface area contributed by atoms with E-state index in [1.54, 1.807) is 6.92 Å². The first kappa shape index (κ1) is 47.0. The van der Waals surface area contributed by atoms with E-state index in [0.29, 0.717) is 6.04 Å². The van der Waals surface area contributed by atoms with E-state index in [9.17, 15) is 0 Å². The van der Waals surface area contributed by atoms with Gasteiger partial charge in [-0.25, -0.2) is 9.97 Å². The van der Waals surface area contributed by atoms with Crippen LogP contribution in [0.15, 0.2) is 82.7 Å². The molecule has 2 atom stereocenters. The molecule has 2 fully saturated rings. The molecule has 0 saturated carbocycles. The summed E-state index contributed by atoms with van der Waals surface area (Å²) in [5.74, 6) is 68.3. The largest absolute Gasteiger partial charge is 0.355 e. The normalized spacial score (nSPS) is 14.4. The summed E-state index contributed by atoms with van der Waals surface area (Å²) in [6, 6.07) is 20.0. The monoisotopic (exact) mass is 853 g/mol. The van der Waals surface area contributed by atoms with E-state index in [-0.39, 0.29) is 30.0 Å². The van der Waals surface area contributed by atoms with E-state index in [0.717, 1.165) is 50.5 Å². The molecule has 0 bridgehead atoms.